The molecule has 4 aliphatic rings. The van der Waals surface area contributed by atoms with Gasteiger partial charge >= 0.3 is 0 Å². The van der Waals surface area contributed by atoms with Crippen molar-refractivity contribution in [2.24, 2.45) is 0 Å². The molecule has 4 heterocycles. The van der Waals surface area contributed by atoms with E-state index in [1.807, 2.05) is 0 Å². The first-order chi connectivity index (χ1) is 21.7. The van der Waals surface area contributed by atoms with Crippen LogP contribution in [0.25, 0.3) is 0 Å². The maximum atomic E-state index is 6.43. The molecule has 45 heavy (non-hydrogen) atoms. The van der Waals surface area contributed by atoms with Crippen LogP contribution >= 0.6 is 0 Å². The maximum Gasteiger partial charge on any atom is 0.0703 e. The van der Waals surface area contributed by atoms with Gasteiger partial charge in [0, 0.05) is 77.5 Å². The summed E-state index contributed by atoms with van der Waals surface area (Å²) in [5.41, 5.74) is 0. The summed E-state index contributed by atoms with van der Waals surface area (Å²) in [5.74, 6) is 0. The van der Waals surface area contributed by atoms with Gasteiger partial charge in [0.15, 0.2) is 0 Å². The summed E-state index contributed by atoms with van der Waals surface area (Å²) in [6.07, 6.45) is 9.31. The van der Waals surface area contributed by atoms with Crippen molar-refractivity contribution in [2.75, 3.05) is 78.5 Å². The minimum absolute atomic E-state index is 0.313. The Kier molecular flexibility index (Phi) is 15.8. The third-order valence-corrected chi connectivity index (χ3v) is 10.7. The molecule has 9 nitrogen and oxygen atoms in total. The van der Waals surface area contributed by atoms with E-state index in [2.05, 4.69) is 80.3 Å². The van der Waals surface area contributed by atoms with Gasteiger partial charge in [-0.3, -0.25) is 19.6 Å². The molecule has 4 aliphatic heterocycles. The van der Waals surface area contributed by atoms with E-state index in [0.29, 0.717) is 60.9 Å². The van der Waals surface area contributed by atoms with Gasteiger partial charge in [-0.05, 0) is 79.3 Å². The van der Waals surface area contributed by atoms with E-state index in [9.17, 15) is 0 Å². The molecule has 0 amide bonds. The summed E-state index contributed by atoms with van der Waals surface area (Å²) < 4.78 is 25.0. The topological polar surface area (TPSA) is 61.9 Å². The predicted molar refractivity (Wildman–Crippen MR) is 184 cm³/mol. The molecule has 0 radical (unpaired) electrons. The minimum atomic E-state index is 0.313. The molecule has 0 aromatic carbocycles. The molecule has 0 spiro atoms. The number of morpholine rings is 4. The average molecular weight is 638 g/mol. The number of rotatable bonds is 16. The quantitative estimate of drug-likeness (QED) is 0.270. The van der Waals surface area contributed by atoms with Gasteiger partial charge in [0.2, 0.25) is 0 Å². The van der Waals surface area contributed by atoms with Crippen molar-refractivity contribution in [3.63, 3.8) is 0 Å². The first-order valence-corrected chi connectivity index (χ1v) is 18.9. The first-order valence-electron chi connectivity index (χ1n) is 18.9. The van der Waals surface area contributed by atoms with Crippen LogP contribution < -0.4 is 5.32 Å². The summed E-state index contributed by atoms with van der Waals surface area (Å²) in [4.78, 5) is 10.8. The van der Waals surface area contributed by atoms with Gasteiger partial charge < -0.3 is 24.3 Å². The lowest BCUT2D eigenvalue weighted by Gasteiger charge is -2.44. The Hall–Kier alpha value is -0.360. The van der Waals surface area contributed by atoms with Crippen molar-refractivity contribution in [3.05, 3.63) is 0 Å². The third kappa shape index (κ3) is 11.9. The van der Waals surface area contributed by atoms with E-state index in [-0.39, 0.29) is 0 Å². The van der Waals surface area contributed by atoms with Crippen LogP contribution in [0, 0.1) is 0 Å². The molecule has 10 atom stereocenters. The first kappa shape index (κ1) is 37.5. The highest BCUT2D eigenvalue weighted by Crippen LogP contribution is 2.23. The third-order valence-electron chi connectivity index (χ3n) is 10.7. The molecule has 9 heteroatoms. The molecule has 0 aromatic heterocycles. The molecular formula is C36H71N5O4. The van der Waals surface area contributed by atoms with Crippen LogP contribution in [0.3, 0.4) is 0 Å². The van der Waals surface area contributed by atoms with Gasteiger partial charge in [-0.15, -0.1) is 0 Å². The van der Waals surface area contributed by atoms with E-state index >= 15 is 0 Å². The van der Waals surface area contributed by atoms with Gasteiger partial charge in [0.1, 0.15) is 0 Å². The predicted octanol–water partition coefficient (Wildman–Crippen LogP) is 4.09. The molecule has 1 N–H and O–H groups in total. The molecule has 0 bridgehead atoms. The lowest BCUT2D eigenvalue weighted by molar-refractivity contribution is -0.104. The zero-order valence-electron chi connectivity index (χ0n) is 30.4. The Bertz CT molecular complexity index is 716. The van der Waals surface area contributed by atoms with Crippen LogP contribution in [0.2, 0.25) is 0 Å². The van der Waals surface area contributed by atoms with Crippen LogP contribution in [0.5, 0.6) is 0 Å². The van der Waals surface area contributed by atoms with E-state index in [1.165, 1.54) is 12.8 Å². The number of hydrogen-bond acceptors (Lipinski definition) is 9. The summed E-state index contributed by atoms with van der Waals surface area (Å²) in [7, 11) is 0. The highest BCUT2D eigenvalue weighted by atomic mass is 16.5. The number of nitrogens with one attached hydrogen (secondary N) is 1. The van der Waals surface area contributed by atoms with Crippen LogP contribution in [-0.4, -0.2) is 159 Å². The highest BCUT2D eigenvalue weighted by molar-refractivity contribution is 4.88. The number of hydrogen-bond donors (Lipinski definition) is 1. The molecule has 4 saturated heterocycles. The van der Waals surface area contributed by atoms with E-state index in [1.54, 1.807) is 0 Å². The monoisotopic (exact) mass is 638 g/mol. The summed E-state index contributed by atoms with van der Waals surface area (Å²) >= 11 is 0. The SMILES string of the molecule is CCC1CN(C(CCN2CC(C)OC(C)C2)CNCC(CCN2CC(C)OC(C)C2)N2CC(CC)OC(CC)C2)CC(CC)O1. The standard InChI is InChI=1S/C36H71N5O4/c1-9-33-23-40(24-34(10-2)44-33)31(13-15-38-19-27(5)42-28(6)20-38)17-37-18-32(14-16-39-21-29(7)43-30(8)22-39)41-25-35(11-3)45-36(12-4)26-41/h27-37H,9-26H2,1-8H3. The van der Waals surface area contributed by atoms with Gasteiger partial charge in [0.05, 0.1) is 48.8 Å². The Morgan fingerprint density at radius 3 is 1.09 bits per heavy atom. The lowest BCUT2D eigenvalue weighted by Crippen LogP contribution is -2.57. The smallest absolute Gasteiger partial charge is 0.0703 e. The van der Waals surface area contributed by atoms with E-state index in [4.69, 9.17) is 18.9 Å². The second-order valence-electron chi connectivity index (χ2n) is 14.9. The fraction of sp³-hybridized carbons (Fsp3) is 1.00. The van der Waals surface area contributed by atoms with Crippen molar-refractivity contribution in [2.45, 2.75) is 155 Å². The summed E-state index contributed by atoms with van der Waals surface area (Å²) in [6, 6.07) is 1.01. The fourth-order valence-electron chi connectivity index (χ4n) is 8.25. The van der Waals surface area contributed by atoms with Crippen molar-refractivity contribution in [3.8, 4) is 0 Å². The summed E-state index contributed by atoms with van der Waals surface area (Å²) in [6.45, 7) is 30.7. The Morgan fingerprint density at radius 2 is 0.800 bits per heavy atom. The second kappa shape index (κ2) is 19.0. The van der Waals surface area contributed by atoms with Gasteiger partial charge in [-0.25, -0.2) is 0 Å². The van der Waals surface area contributed by atoms with E-state index < -0.39 is 0 Å². The van der Waals surface area contributed by atoms with E-state index in [0.717, 1.165) is 104 Å². The molecule has 4 fully saturated rings. The van der Waals surface area contributed by atoms with Crippen LogP contribution in [0.15, 0.2) is 0 Å². The molecule has 4 rings (SSSR count). The molecular weight excluding hydrogens is 566 g/mol. The molecule has 0 aliphatic carbocycles. The normalized spacial score (nSPS) is 36.3. The Morgan fingerprint density at radius 1 is 0.489 bits per heavy atom. The van der Waals surface area contributed by atoms with Gasteiger partial charge in [-0.1, -0.05) is 27.7 Å². The lowest BCUT2D eigenvalue weighted by atomic mass is 10.0. The molecule has 264 valence electrons. The molecule has 0 aromatic rings. The van der Waals surface area contributed by atoms with Crippen LogP contribution in [0.1, 0.15) is 93.9 Å². The second-order valence-corrected chi connectivity index (χ2v) is 14.9. The van der Waals surface area contributed by atoms with Crippen molar-refractivity contribution in [1.29, 1.82) is 0 Å². The van der Waals surface area contributed by atoms with Crippen LogP contribution in [-0.2, 0) is 18.9 Å². The summed E-state index contributed by atoms with van der Waals surface area (Å²) in [5, 5.41) is 4.07. The number of nitrogens with zero attached hydrogens (tertiary/aromatic N) is 4. The highest BCUT2D eigenvalue weighted by Gasteiger charge is 2.34. The zero-order chi connectivity index (χ0) is 32.3. The van der Waals surface area contributed by atoms with Crippen molar-refractivity contribution < 1.29 is 18.9 Å². The Balaban J connectivity index is 1.42. The van der Waals surface area contributed by atoms with Gasteiger partial charge in [0.25, 0.3) is 0 Å². The Labute approximate surface area is 277 Å². The fourth-order valence-corrected chi connectivity index (χ4v) is 8.25. The molecule has 0 saturated carbocycles. The largest absolute Gasteiger partial charge is 0.373 e. The minimum Gasteiger partial charge on any atom is -0.373 e. The zero-order valence-corrected chi connectivity index (χ0v) is 30.4. The van der Waals surface area contributed by atoms with Crippen molar-refractivity contribution >= 4 is 0 Å². The van der Waals surface area contributed by atoms with Crippen LogP contribution in [0.4, 0.5) is 0 Å². The van der Waals surface area contributed by atoms with Gasteiger partial charge in [-0.2, -0.15) is 0 Å². The molecule has 10 unspecified atom stereocenters. The maximum absolute atomic E-state index is 6.43. The number of ether oxygens (including phenoxy) is 4. The van der Waals surface area contributed by atoms with Crippen molar-refractivity contribution in [1.82, 2.24) is 24.9 Å². The average Bonchev–Trinajstić information content (AvgIpc) is 3.02.